The van der Waals surface area contributed by atoms with E-state index in [1.165, 1.54) is 5.57 Å². The molecule has 0 saturated heterocycles. The third kappa shape index (κ3) is 0.958. The van der Waals surface area contributed by atoms with Crippen LogP contribution in [0.25, 0.3) is 0 Å². The Labute approximate surface area is 107 Å². The van der Waals surface area contributed by atoms with Crippen molar-refractivity contribution in [3.05, 3.63) is 84.7 Å². The van der Waals surface area contributed by atoms with Crippen LogP contribution in [0.3, 0.4) is 0 Å². The van der Waals surface area contributed by atoms with Crippen molar-refractivity contribution < 1.29 is 0 Å². The number of hydrogen-bond acceptors (Lipinski definition) is 1. The molecule has 2 atom stereocenters. The Morgan fingerprint density at radius 2 is 1.28 bits per heavy atom. The second-order valence-corrected chi connectivity index (χ2v) is 4.99. The number of nitrogens with zero attached hydrogens (tertiary/aromatic N) is 1. The lowest BCUT2D eigenvalue weighted by molar-refractivity contribution is 0.407. The Bertz CT molecular complexity index is 571. The molecule has 1 aliphatic heterocycles. The fourth-order valence-electron chi connectivity index (χ4n) is 3.33. The Hall–Kier alpha value is -2.15. The van der Waals surface area contributed by atoms with E-state index in [4.69, 9.17) is 0 Å². The van der Waals surface area contributed by atoms with E-state index in [0.29, 0.717) is 0 Å². The van der Waals surface area contributed by atoms with Crippen LogP contribution in [0.1, 0.15) is 0 Å². The van der Waals surface area contributed by atoms with Gasteiger partial charge in [0.05, 0.1) is 16.5 Å². The maximum absolute atomic E-state index is 4.65. The summed E-state index contributed by atoms with van der Waals surface area (Å²) in [6.07, 6.45) is 28.1. The molecule has 86 valence electrons. The topological polar surface area (TPSA) is 12.4 Å². The highest BCUT2D eigenvalue weighted by Crippen LogP contribution is 2.56. The zero-order valence-corrected chi connectivity index (χ0v) is 9.95. The molecular formula is C17H13N. The minimum absolute atomic E-state index is 0.102. The van der Waals surface area contributed by atoms with Crippen molar-refractivity contribution in [3.63, 3.8) is 0 Å². The van der Waals surface area contributed by atoms with Gasteiger partial charge in [0, 0.05) is 6.20 Å². The number of rotatable bonds is 0. The number of allylic oxidation sites excluding steroid dienone is 13. The largest absolute Gasteiger partial charge is 0.260 e. The third-order valence-corrected chi connectivity index (χ3v) is 4.23. The summed E-state index contributed by atoms with van der Waals surface area (Å²) in [5.41, 5.74) is 2.13. The minimum Gasteiger partial charge on any atom is -0.260 e. The summed E-state index contributed by atoms with van der Waals surface area (Å²) >= 11 is 0. The second-order valence-electron chi connectivity index (χ2n) is 4.99. The minimum atomic E-state index is -0.151. The molecule has 2 unspecified atom stereocenters. The van der Waals surface area contributed by atoms with Crippen molar-refractivity contribution in [1.29, 1.82) is 0 Å². The molecule has 0 aromatic carbocycles. The van der Waals surface area contributed by atoms with Gasteiger partial charge in [0.1, 0.15) is 0 Å². The van der Waals surface area contributed by atoms with E-state index in [1.807, 2.05) is 6.20 Å². The molecule has 1 nitrogen and oxygen atoms in total. The predicted octanol–water partition coefficient (Wildman–Crippen LogP) is 3.68. The summed E-state index contributed by atoms with van der Waals surface area (Å²) in [4.78, 5) is 4.65. The Morgan fingerprint density at radius 1 is 0.667 bits per heavy atom. The summed E-state index contributed by atoms with van der Waals surface area (Å²) in [6.45, 7) is 0. The highest BCUT2D eigenvalue weighted by Gasteiger charge is 2.52. The molecule has 0 radical (unpaired) electrons. The first kappa shape index (κ1) is 9.84. The van der Waals surface area contributed by atoms with Crippen LogP contribution in [-0.4, -0.2) is 5.71 Å². The molecule has 0 saturated carbocycles. The molecule has 0 aromatic heterocycles. The van der Waals surface area contributed by atoms with E-state index >= 15 is 0 Å². The van der Waals surface area contributed by atoms with E-state index in [0.717, 1.165) is 5.71 Å². The van der Waals surface area contributed by atoms with Crippen molar-refractivity contribution in [3.8, 4) is 0 Å². The average Bonchev–Trinajstić information content (AvgIpc) is 2.44. The van der Waals surface area contributed by atoms with Gasteiger partial charge >= 0.3 is 0 Å². The zero-order chi connectivity index (χ0) is 12.1. The van der Waals surface area contributed by atoms with Crippen LogP contribution >= 0.6 is 0 Å². The van der Waals surface area contributed by atoms with Crippen molar-refractivity contribution in [2.45, 2.75) is 0 Å². The molecule has 2 spiro atoms. The van der Waals surface area contributed by atoms with Crippen molar-refractivity contribution in [1.82, 2.24) is 0 Å². The number of hydrogen-bond donors (Lipinski definition) is 0. The van der Waals surface area contributed by atoms with Gasteiger partial charge in [0.15, 0.2) is 0 Å². The lowest BCUT2D eigenvalue weighted by Gasteiger charge is -2.49. The molecular weight excluding hydrogens is 218 g/mol. The van der Waals surface area contributed by atoms with E-state index in [-0.39, 0.29) is 10.8 Å². The molecule has 0 bridgehead atoms. The quantitative estimate of drug-likeness (QED) is 0.603. The van der Waals surface area contributed by atoms with Crippen LogP contribution in [0.5, 0.6) is 0 Å². The lowest BCUT2D eigenvalue weighted by atomic mass is 9.53. The van der Waals surface area contributed by atoms with E-state index in [1.54, 1.807) is 0 Å². The molecule has 4 rings (SSSR count). The summed E-state index contributed by atoms with van der Waals surface area (Å²) in [7, 11) is 0. The molecule has 0 amide bonds. The summed E-state index contributed by atoms with van der Waals surface area (Å²) in [6, 6.07) is 0. The normalized spacial score (nSPS) is 37.8. The third-order valence-electron chi connectivity index (χ3n) is 4.23. The summed E-state index contributed by atoms with van der Waals surface area (Å²) in [5, 5.41) is 0. The molecule has 0 aromatic rings. The zero-order valence-electron chi connectivity index (χ0n) is 9.95. The Morgan fingerprint density at radius 3 is 2.06 bits per heavy atom. The van der Waals surface area contributed by atoms with Gasteiger partial charge in [-0.25, -0.2) is 0 Å². The molecule has 0 N–H and O–H groups in total. The molecule has 1 heterocycles. The predicted molar refractivity (Wildman–Crippen MR) is 75.2 cm³/mol. The van der Waals surface area contributed by atoms with Crippen LogP contribution in [-0.2, 0) is 0 Å². The van der Waals surface area contributed by atoms with Crippen LogP contribution in [0, 0.1) is 10.8 Å². The average molecular weight is 231 g/mol. The summed E-state index contributed by atoms with van der Waals surface area (Å²) in [5.74, 6) is 0. The fourth-order valence-corrected chi connectivity index (χ4v) is 3.33. The SMILES string of the molecule is C1=CC2=CN=C3C=CC=CC34C=CC=CC24C=C1. The number of aliphatic imine (C=N–C) groups is 1. The van der Waals surface area contributed by atoms with Gasteiger partial charge in [-0.3, -0.25) is 4.99 Å². The molecule has 1 heteroatoms. The fraction of sp³-hybridized carbons (Fsp3) is 0.118. The standard InChI is InChI=1S/C17H13N/c1-3-9-16-10-5-6-12-17(16)11-4-2-8-15(17)18-13-14(16)7-1/h1-13H. The molecule has 18 heavy (non-hydrogen) atoms. The van der Waals surface area contributed by atoms with Gasteiger partial charge in [0.25, 0.3) is 0 Å². The van der Waals surface area contributed by atoms with Crippen molar-refractivity contribution in [2.75, 3.05) is 0 Å². The Kier molecular flexibility index (Phi) is 1.75. The van der Waals surface area contributed by atoms with Crippen LogP contribution in [0.15, 0.2) is 89.7 Å². The van der Waals surface area contributed by atoms with Crippen molar-refractivity contribution in [2.24, 2.45) is 15.8 Å². The van der Waals surface area contributed by atoms with Crippen LogP contribution in [0.2, 0.25) is 0 Å². The van der Waals surface area contributed by atoms with E-state index in [9.17, 15) is 0 Å². The van der Waals surface area contributed by atoms with Gasteiger partial charge in [0.2, 0.25) is 0 Å². The van der Waals surface area contributed by atoms with Crippen molar-refractivity contribution >= 4 is 5.71 Å². The van der Waals surface area contributed by atoms with Gasteiger partial charge in [-0.1, -0.05) is 66.8 Å². The smallest absolute Gasteiger partial charge is 0.0658 e. The highest BCUT2D eigenvalue weighted by atomic mass is 14.8. The second kappa shape index (κ2) is 3.20. The van der Waals surface area contributed by atoms with E-state index in [2.05, 4.69) is 77.9 Å². The first-order valence-electron chi connectivity index (χ1n) is 6.25. The maximum atomic E-state index is 4.65. The van der Waals surface area contributed by atoms with E-state index < -0.39 is 0 Å². The maximum Gasteiger partial charge on any atom is 0.0658 e. The first-order chi connectivity index (χ1) is 8.87. The molecule has 0 fully saturated rings. The van der Waals surface area contributed by atoms with Crippen LogP contribution < -0.4 is 0 Å². The first-order valence-corrected chi connectivity index (χ1v) is 6.25. The summed E-state index contributed by atoms with van der Waals surface area (Å²) < 4.78 is 0. The highest BCUT2D eigenvalue weighted by molar-refractivity contribution is 6.07. The Balaban J connectivity index is 2.07. The lowest BCUT2D eigenvalue weighted by Crippen LogP contribution is -2.47. The van der Waals surface area contributed by atoms with Gasteiger partial charge in [-0.2, -0.15) is 0 Å². The molecule has 4 aliphatic rings. The molecule has 3 aliphatic carbocycles. The van der Waals surface area contributed by atoms with Gasteiger partial charge in [-0.05, 0) is 11.6 Å². The van der Waals surface area contributed by atoms with Gasteiger partial charge in [-0.15, -0.1) is 0 Å². The monoisotopic (exact) mass is 231 g/mol. The van der Waals surface area contributed by atoms with Crippen LogP contribution in [0.4, 0.5) is 0 Å². The van der Waals surface area contributed by atoms with Gasteiger partial charge < -0.3 is 0 Å².